The van der Waals surface area contributed by atoms with Crippen molar-refractivity contribution in [1.29, 1.82) is 0 Å². The number of fused-ring (bicyclic) bond motifs is 1. The van der Waals surface area contributed by atoms with Crippen LogP contribution >= 0.6 is 0 Å². The predicted octanol–water partition coefficient (Wildman–Crippen LogP) is 1.70. The van der Waals surface area contributed by atoms with Gasteiger partial charge in [-0.25, -0.2) is 4.79 Å². The summed E-state index contributed by atoms with van der Waals surface area (Å²) in [4.78, 5) is 13.5. The molecule has 20 heavy (non-hydrogen) atoms. The van der Waals surface area contributed by atoms with Crippen LogP contribution in [0.25, 0.3) is 11.0 Å². The van der Waals surface area contributed by atoms with Gasteiger partial charge in [-0.1, -0.05) is 0 Å². The molecule has 2 N–H and O–H groups in total. The molecule has 0 spiro atoms. The number of aromatic hydroxyl groups is 1. The fraction of sp³-hybridized carbons (Fsp3) is 0.400. The number of rotatable bonds is 4. The first-order chi connectivity index (χ1) is 9.24. The molecule has 0 bridgehead atoms. The van der Waals surface area contributed by atoms with Crippen LogP contribution in [0.3, 0.4) is 0 Å². The molecule has 0 unspecified atom stereocenters. The van der Waals surface area contributed by atoms with Gasteiger partial charge < -0.3 is 14.6 Å². The van der Waals surface area contributed by atoms with Crippen LogP contribution in [-0.4, -0.2) is 34.3 Å². The summed E-state index contributed by atoms with van der Waals surface area (Å²) in [5.74, 6) is 0.0580. The molecule has 5 nitrogen and oxygen atoms in total. The van der Waals surface area contributed by atoms with Crippen molar-refractivity contribution in [2.45, 2.75) is 26.0 Å². The Morgan fingerprint density at radius 2 is 2.00 bits per heavy atom. The maximum Gasteiger partial charge on any atom is 0.336 e. The third-order valence-electron chi connectivity index (χ3n) is 2.91. The molecule has 1 heterocycles. The Bertz CT molecular complexity index is 670. The monoisotopic (exact) mass is 277 g/mol. The van der Waals surface area contributed by atoms with Crippen LogP contribution in [-0.2, 0) is 6.54 Å². The average Bonchev–Trinajstić information content (AvgIpc) is 2.24. The molecule has 1 aromatic heterocycles. The van der Waals surface area contributed by atoms with Gasteiger partial charge in [-0.05, 0) is 38.6 Å². The van der Waals surface area contributed by atoms with Gasteiger partial charge in [0.1, 0.15) is 11.3 Å². The Balaban J connectivity index is 2.36. The van der Waals surface area contributed by atoms with Crippen molar-refractivity contribution in [2.24, 2.45) is 0 Å². The van der Waals surface area contributed by atoms with Crippen molar-refractivity contribution < 1.29 is 14.6 Å². The van der Waals surface area contributed by atoms with Crippen molar-refractivity contribution in [2.75, 3.05) is 13.6 Å². The first-order valence-electron chi connectivity index (χ1n) is 6.41. The lowest BCUT2D eigenvalue weighted by molar-refractivity contribution is 0.0425. The second-order valence-corrected chi connectivity index (χ2v) is 5.76. The Labute approximate surface area is 117 Å². The highest BCUT2D eigenvalue weighted by molar-refractivity contribution is 5.81. The van der Waals surface area contributed by atoms with Crippen LogP contribution in [0.2, 0.25) is 0 Å². The zero-order valence-corrected chi connectivity index (χ0v) is 11.9. The first kappa shape index (κ1) is 14.6. The second kappa shape index (κ2) is 5.26. The molecule has 5 heteroatoms. The Morgan fingerprint density at radius 1 is 1.30 bits per heavy atom. The highest BCUT2D eigenvalue weighted by Crippen LogP contribution is 2.22. The minimum absolute atomic E-state index is 0.0580. The molecule has 0 aliphatic heterocycles. The molecule has 2 rings (SSSR count). The van der Waals surface area contributed by atoms with Crippen molar-refractivity contribution >= 4 is 11.0 Å². The number of nitrogens with zero attached hydrogens (tertiary/aromatic N) is 1. The number of likely N-dealkylation sites (N-methyl/N-ethyl adjacent to an activating group) is 1. The maximum absolute atomic E-state index is 11.6. The zero-order valence-electron chi connectivity index (χ0n) is 11.9. The van der Waals surface area contributed by atoms with Gasteiger partial charge >= 0.3 is 5.63 Å². The van der Waals surface area contributed by atoms with Crippen LogP contribution in [0.4, 0.5) is 0 Å². The average molecular weight is 277 g/mol. The quantitative estimate of drug-likeness (QED) is 0.832. The molecule has 0 saturated carbocycles. The van der Waals surface area contributed by atoms with Gasteiger partial charge in [-0.15, -0.1) is 0 Å². The summed E-state index contributed by atoms with van der Waals surface area (Å²) in [6, 6.07) is 6.15. The second-order valence-electron chi connectivity index (χ2n) is 5.76. The van der Waals surface area contributed by atoms with Gasteiger partial charge in [0, 0.05) is 30.6 Å². The zero-order chi connectivity index (χ0) is 14.9. The van der Waals surface area contributed by atoms with Gasteiger partial charge in [0.15, 0.2) is 0 Å². The minimum atomic E-state index is -0.803. The van der Waals surface area contributed by atoms with Gasteiger partial charge in [-0.2, -0.15) is 0 Å². The summed E-state index contributed by atoms with van der Waals surface area (Å²) in [5, 5.41) is 20.0. The smallest absolute Gasteiger partial charge is 0.336 e. The Kier molecular flexibility index (Phi) is 3.83. The van der Waals surface area contributed by atoms with Crippen LogP contribution in [0.15, 0.2) is 33.5 Å². The Morgan fingerprint density at radius 3 is 2.65 bits per heavy atom. The van der Waals surface area contributed by atoms with E-state index in [9.17, 15) is 15.0 Å². The molecule has 0 fully saturated rings. The van der Waals surface area contributed by atoms with Crippen LogP contribution < -0.4 is 5.63 Å². The summed E-state index contributed by atoms with van der Waals surface area (Å²) < 4.78 is 5.08. The van der Waals surface area contributed by atoms with E-state index in [1.165, 1.54) is 12.1 Å². The molecule has 0 aliphatic rings. The molecule has 1 aromatic carbocycles. The van der Waals surface area contributed by atoms with Gasteiger partial charge in [0.05, 0.1) is 5.60 Å². The van der Waals surface area contributed by atoms with Crippen molar-refractivity contribution in [3.05, 3.63) is 40.2 Å². The molecule has 108 valence electrons. The van der Waals surface area contributed by atoms with Crippen LogP contribution in [0.1, 0.15) is 19.4 Å². The fourth-order valence-electron chi connectivity index (χ4n) is 2.36. The van der Waals surface area contributed by atoms with E-state index in [4.69, 9.17) is 4.42 Å². The molecule has 0 radical (unpaired) electrons. The summed E-state index contributed by atoms with van der Waals surface area (Å²) in [7, 11) is 1.87. The van der Waals surface area contributed by atoms with Crippen LogP contribution in [0.5, 0.6) is 5.75 Å². The molecule has 0 atom stereocenters. The number of hydrogen-bond acceptors (Lipinski definition) is 5. The summed E-state index contributed by atoms with van der Waals surface area (Å²) in [6.07, 6.45) is 0. The lowest BCUT2D eigenvalue weighted by atomic mass is 10.1. The first-order valence-corrected chi connectivity index (χ1v) is 6.41. The number of phenols is 1. The third kappa shape index (κ3) is 3.59. The number of aliphatic hydroxyl groups is 1. The summed E-state index contributed by atoms with van der Waals surface area (Å²) >= 11 is 0. The maximum atomic E-state index is 11.6. The number of hydrogen-bond donors (Lipinski definition) is 2. The molecule has 0 amide bonds. The van der Waals surface area contributed by atoms with Crippen LogP contribution in [0, 0.1) is 0 Å². The van der Waals surface area contributed by atoms with Crippen molar-refractivity contribution in [1.82, 2.24) is 4.90 Å². The molecule has 0 saturated heterocycles. The molecular weight excluding hydrogens is 258 g/mol. The number of benzene rings is 1. The van der Waals surface area contributed by atoms with E-state index < -0.39 is 11.2 Å². The van der Waals surface area contributed by atoms with E-state index in [2.05, 4.69) is 0 Å². The van der Waals surface area contributed by atoms with Crippen molar-refractivity contribution in [3.8, 4) is 5.75 Å². The molecule has 2 aromatic rings. The summed E-state index contributed by atoms with van der Waals surface area (Å²) in [5.41, 5.74) is -0.0793. The lowest BCUT2D eigenvalue weighted by Crippen LogP contribution is -2.36. The third-order valence-corrected chi connectivity index (χ3v) is 2.91. The van der Waals surface area contributed by atoms with Gasteiger partial charge in [-0.3, -0.25) is 4.90 Å². The normalized spacial score (nSPS) is 12.2. The van der Waals surface area contributed by atoms with E-state index in [1.807, 2.05) is 11.9 Å². The van der Waals surface area contributed by atoms with E-state index in [-0.39, 0.29) is 5.75 Å². The Hall–Kier alpha value is -1.85. The highest BCUT2D eigenvalue weighted by atomic mass is 16.4. The number of phenolic OH excluding ortho intramolecular Hbond substituents is 1. The molecule has 0 aliphatic carbocycles. The van der Waals surface area contributed by atoms with E-state index in [0.717, 1.165) is 10.9 Å². The van der Waals surface area contributed by atoms with E-state index >= 15 is 0 Å². The SMILES string of the molecule is CN(Cc1cc(=O)oc2cc(O)ccc12)CC(C)(C)O. The largest absolute Gasteiger partial charge is 0.508 e. The minimum Gasteiger partial charge on any atom is -0.508 e. The fourth-order valence-corrected chi connectivity index (χ4v) is 2.36. The van der Waals surface area contributed by atoms with Gasteiger partial charge in [0.2, 0.25) is 0 Å². The van der Waals surface area contributed by atoms with E-state index in [0.29, 0.717) is 18.7 Å². The standard InChI is InChI=1S/C15H19NO4/c1-15(2,19)9-16(3)8-10-6-14(18)20-13-7-11(17)4-5-12(10)13/h4-7,17,19H,8-9H2,1-3H3. The predicted molar refractivity (Wildman–Crippen MR) is 76.8 cm³/mol. The van der Waals surface area contributed by atoms with Crippen molar-refractivity contribution in [3.63, 3.8) is 0 Å². The highest BCUT2D eigenvalue weighted by Gasteiger charge is 2.17. The lowest BCUT2D eigenvalue weighted by Gasteiger charge is -2.25. The van der Waals surface area contributed by atoms with Gasteiger partial charge in [0.25, 0.3) is 0 Å². The topological polar surface area (TPSA) is 73.9 Å². The summed E-state index contributed by atoms with van der Waals surface area (Å²) in [6.45, 7) is 4.46. The molecular formula is C15H19NO4. The van der Waals surface area contributed by atoms with E-state index in [1.54, 1.807) is 26.0 Å².